The van der Waals surface area contributed by atoms with E-state index in [4.69, 9.17) is 4.74 Å². The van der Waals surface area contributed by atoms with Gasteiger partial charge in [0.15, 0.2) is 0 Å². The second kappa shape index (κ2) is 5.27. The maximum atomic E-state index is 11.3. The molecule has 0 fully saturated rings. The minimum absolute atomic E-state index is 0.268. The maximum Gasteiger partial charge on any atom is 0.412 e. The van der Waals surface area contributed by atoms with Crippen molar-refractivity contribution in [3.05, 3.63) is 47.5 Å². The lowest BCUT2D eigenvalue weighted by atomic mass is 10.2. The molecular formula is C11H10N2O2S. The number of nitrogens with one attached hydrogen (secondary N) is 1. The maximum absolute atomic E-state index is 11.3. The molecule has 0 bridgehead atoms. The summed E-state index contributed by atoms with van der Waals surface area (Å²) in [5.74, 6) is 0. The highest BCUT2D eigenvalue weighted by Gasteiger charge is 2.03. The van der Waals surface area contributed by atoms with Crippen molar-refractivity contribution >= 4 is 23.3 Å². The van der Waals surface area contributed by atoms with E-state index in [9.17, 15) is 4.79 Å². The predicted molar refractivity (Wildman–Crippen MR) is 62.4 cm³/mol. The van der Waals surface area contributed by atoms with Crippen molar-refractivity contribution in [2.45, 2.75) is 6.61 Å². The van der Waals surface area contributed by atoms with Gasteiger partial charge in [-0.1, -0.05) is 30.3 Å². The molecule has 1 amide bonds. The number of carbonyl (C=O) groups excluding carboxylic acids is 1. The van der Waals surface area contributed by atoms with E-state index in [2.05, 4.69) is 9.69 Å². The molecule has 0 spiro atoms. The summed E-state index contributed by atoms with van der Waals surface area (Å²) in [4.78, 5) is 11.3. The van der Waals surface area contributed by atoms with Gasteiger partial charge >= 0.3 is 6.09 Å². The number of rotatable bonds is 3. The molecule has 0 aliphatic heterocycles. The summed E-state index contributed by atoms with van der Waals surface area (Å²) < 4.78 is 8.89. The van der Waals surface area contributed by atoms with E-state index < -0.39 is 6.09 Å². The lowest BCUT2D eigenvalue weighted by Crippen LogP contribution is -2.12. The molecule has 16 heavy (non-hydrogen) atoms. The van der Waals surface area contributed by atoms with Gasteiger partial charge in [0.05, 0.1) is 11.9 Å². The Morgan fingerprint density at radius 3 is 2.88 bits per heavy atom. The Morgan fingerprint density at radius 2 is 2.19 bits per heavy atom. The van der Waals surface area contributed by atoms with Crippen LogP contribution >= 0.6 is 11.5 Å². The molecule has 82 valence electrons. The number of hydrogen-bond acceptors (Lipinski definition) is 4. The van der Waals surface area contributed by atoms with Crippen molar-refractivity contribution in [2.75, 3.05) is 5.32 Å². The van der Waals surface area contributed by atoms with Gasteiger partial charge < -0.3 is 4.74 Å². The normalized spacial score (nSPS) is 9.75. The summed E-state index contributed by atoms with van der Waals surface area (Å²) in [5.41, 5.74) is 1.61. The van der Waals surface area contributed by atoms with Gasteiger partial charge in [-0.2, -0.15) is 4.37 Å². The van der Waals surface area contributed by atoms with Crippen molar-refractivity contribution in [3.63, 3.8) is 0 Å². The smallest absolute Gasteiger partial charge is 0.412 e. The molecule has 0 aliphatic rings. The zero-order valence-corrected chi connectivity index (χ0v) is 9.24. The fourth-order valence-corrected chi connectivity index (χ4v) is 1.61. The lowest BCUT2D eigenvalue weighted by Gasteiger charge is -2.04. The van der Waals surface area contributed by atoms with Crippen molar-refractivity contribution in [3.8, 4) is 0 Å². The van der Waals surface area contributed by atoms with Crippen LogP contribution in [-0.2, 0) is 11.3 Å². The van der Waals surface area contributed by atoms with E-state index in [1.165, 1.54) is 11.5 Å². The summed E-state index contributed by atoms with van der Waals surface area (Å²) in [5, 5.41) is 4.32. The quantitative estimate of drug-likeness (QED) is 0.888. The molecule has 0 radical (unpaired) electrons. The molecule has 1 aromatic carbocycles. The standard InChI is InChI=1S/C11H10N2O2S/c14-11(13-10-6-12-16-8-10)15-7-9-4-2-1-3-5-9/h1-6,8H,7H2,(H,13,14). The first kappa shape index (κ1) is 10.6. The van der Waals surface area contributed by atoms with Crippen LogP contribution in [0, 0.1) is 0 Å². The van der Waals surface area contributed by atoms with Gasteiger partial charge in [0.2, 0.25) is 0 Å². The Bertz CT molecular complexity index is 442. The number of amides is 1. The summed E-state index contributed by atoms with van der Waals surface area (Å²) in [7, 11) is 0. The third kappa shape index (κ3) is 3.06. The highest BCUT2D eigenvalue weighted by molar-refractivity contribution is 7.04. The molecule has 0 aliphatic carbocycles. The number of anilines is 1. The molecule has 0 saturated carbocycles. The molecule has 1 N–H and O–H groups in total. The zero-order chi connectivity index (χ0) is 11.2. The Balaban J connectivity index is 1.80. The zero-order valence-electron chi connectivity index (χ0n) is 8.42. The second-order valence-electron chi connectivity index (χ2n) is 3.10. The van der Waals surface area contributed by atoms with Crippen molar-refractivity contribution < 1.29 is 9.53 Å². The Hall–Kier alpha value is -1.88. The number of hydrogen-bond donors (Lipinski definition) is 1. The van der Waals surface area contributed by atoms with Gasteiger partial charge in [-0.15, -0.1) is 0 Å². The van der Waals surface area contributed by atoms with E-state index in [-0.39, 0.29) is 6.61 Å². The Kier molecular flexibility index (Phi) is 3.50. The number of aromatic nitrogens is 1. The fraction of sp³-hybridized carbons (Fsp3) is 0.0909. The predicted octanol–water partition coefficient (Wildman–Crippen LogP) is 2.89. The largest absolute Gasteiger partial charge is 0.444 e. The Labute approximate surface area is 97.0 Å². The molecule has 4 nitrogen and oxygen atoms in total. The van der Waals surface area contributed by atoms with E-state index >= 15 is 0 Å². The van der Waals surface area contributed by atoms with Crippen LogP contribution in [0.1, 0.15) is 5.56 Å². The van der Waals surface area contributed by atoms with Gasteiger partial charge in [-0.3, -0.25) is 5.32 Å². The number of carbonyl (C=O) groups is 1. The molecule has 5 heteroatoms. The van der Waals surface area contributed by atoms with Crippen LogP contribution in [0.3, 0.4) is 0 Å². The second-order valence-corrected chi connectivity index (χ2v) is 3.76. The van der Waals surface area contributed by atoms with E-state index in [0.717, 1.165) is 5.56 Å². The summed E-state index contributed by atoms with van der Waals surface area (Å²) in [6.45, 7) is 0.268. The first-order valence-electron chi connectivity index (χ1n) is 4.71. The summed E-state index contributed by atoms with van der Waals surface area (Å²) in [6, 6.07) is 9.53. The van der Waals surface area contributed by atoms with Gasteiger partial charge in [0, 0.05) is 5.38 Å². The summed E-state index contributed by atoms with van der Waals surface area (Å²) in [6.07, 6.45) is 1.11. The number of nitrogens with zero attached hydrogens (tertiary/aromatic N) is 1. The average molecular weight is 234 g/mol. The van der Waals surface area contributed by atoms with Crippen molar-refractivity contribution in [1.82, 2.24) is 4.37 Å². The van der Waals surface area contributed by atoms with E-state index in [1.54, 1.807) is 11.6 Å². The third-order valence-corrected chi connectivity index (χ3v) is 2.48. The molecule has 1 aromatic heterocycles. The molecule has 2 aromatic rings. The van der Waals surface area contributed by atoms with Crippen molar-refractivity contribution in [1.29, 1.82) is 0 Å². The summed E-state index contributed by atoms with van der Waals surface area (Å²) >= 11 is 1.28. The lowest BCUT2D eigenvalue weighted by molar-refractivity contribution is 0.155. The number of ether oxygens (including phenoxy) is 1. The van der Waals surface area contributed by atoms with Gasteiger partial charge in [0.25, 0.3) is 0 Å². The molecule has 0 unspecified atom stereocenters. The molecule has 1 heterocycles. The minimum Gasteiger partial charge on any atom is -0.444 e. The first-order valence-corrected chi connectivity index (χ1v) is 5.55. The monoisotopic (exact) mass is 234 g/mol. The number of benzene rings is 1. The average Bonchev–Trinajstić information content (AvgIpc) is 2.81. The van der Waals surface area contributed by atoms with Crippen molar-refractivity contribution in [2.24, 2.45) is 0 Å². The Morgan fingerprint density at radius 1 is 1.38 bits per heavy atom. The molecular weight excluding hydrogens is 224 g/mol. The van der Waals surface area contributed by atoms with E-state index in [1.807, 2.05) is 30.3 Å². The van der Waals surface area contributed by atoms with Crippen LogP contribution in [0.25, 0.3) is 0 Å². The topological polar surface area (TPSA) is 51.2 Å². The molecule has 2 rings (SSSR count). The van der Waals surface area contributed by atoms with Gasteiger partial charge in [-0.25, -0.2) is 4.79 Å². The molecule has 0 saturated heterocycles. The molecule has 0 atom stereocenters. The van der Waals surface area contributed by atoms with Crippen LogP contribution in [0.2, 0.25) is 0 Å². The van der Waals surface area contributed by atoms with Crippen LogP contribution < -0.4 is 5.32 Å². The van der Waals surface area contributed by atoms with Crippen LogP contribution in [0.4, 0.5) is 10.5 Å². The van der Waals surface area contributed by atoms with Gasteiger partial charge in [0.1, 0.15) is 6.61 Å². The SMILES string of the molecule is O=C(Nc1cnsc1)OCc1ccccc1. The highest BCUT2D eigenvalue weighted by Crippen LogP contribution is 2.09. The fourth-order valence-electron chi connectivity index (χ4n) is 1.14. The third-order valence-electron chi connectivity index (χ3n) is 1.89. The van der Waals surface area contributed by atoms with Crippen LogP contribution in [-0.4, -0.2) is 10.5 Å². The van der Waals surface area contributed by atoms with Gasteiger partial charge in [-0.05, 0) is 17.1 Å². The van der Waals surface area contributed by atoms with E-state index in [0.29, 0.717) is 5.69 Å². The first-order chi connectivity index (χ1) is 7.84. The minimum atomic E-state index is -0.468. The van der Waals surface area contributed by atoms with Crippen LogP contribution in [0.15, 0.2) is 41.9 Å². The van der Waals surface area contributed by atoms with Crippen LogP contribution in [0.5, 0.6) is 0 Å². The highest BCUT2D eigenvalue weighted by atomic mass is 32.1.